The van der Waals surface area contributed by atoms with E-state index in [4.69, 9.17) is 5.73 Å². The number of para-hydroxylation sites is 1. The first kappa shape index (κ1) is 12.8. The standard InChI is InChI=1S/C10H16N2.C2H6/c1-4-8-6-5-7-9(11)10(8)12(2)3;1-2/h5-7H,4,11H2,1-3H3;1-2H3. The van der Waals surface area contributed by atoms with Gasteiger partial charge in [0.05, 0.1) is 11.4 Å². The topological polar surface area (TPSA) is 29.3 Å². The summed E-state index contributed by atoms with van der Waals surface area (Å²) >= 11 is 0. The zero-order chi connectivity index (χ0) is 11.1. The number of hydrogen-bond donors (Lipinski definition) is 1. The number of nitrogen functional groups attached to an aromatic ring is 1. The number of nitrogens with two attached hydrogens (primary N) is 1. The average molecular weight is 194 g/mol. The smallest absolute Gasteiger partial charge is 0.0627 e. The van der Waals surface area contributed by atoms with Gasteiger partial charge in [-0.25, -0.2) is 0 Å². The van der Waals surface area contributed by atoms with E-state index in [1.54, 1.807) is 0 Å². The summed E-state index contributed by atoms with van der Waals surface area (Å²) in [4.78, 5) is 2.06. The number of rotatable bonds is 2. The Labute approximate surface area is 87.7 Å². The highest BCUT2D eigenvalue weighted by Gasteiger charge is 2.05. The van der Waals surface area contributed by atoms with E-state index < -0.39 is 0 Å². The van der Waals surface area contributed by atoms with Crippen LogP contribution in [0.5, 0.6) is 0 Å². The maximum atomic E-state index is 5.86. The Hall–Kier alpha value is -1.18. The van der Waals surface area contributed by atoms with Crippen LogP contribution in [0.15, 0.2) is 18.2 Å². The van der Waals surface area contributed by atoms with Gasteiger partial charge in [-0.3, -0.25) is 0 Å². The van der Waals surface area contributed by atoms with Crippen LogP contribution >= 0.6 is 0 Å². The minimum absolute atomic E-state index is 0.861. The van der Waals surface area contributed by atoms with Crippen LogP contribution in [0, 0.1) is 0 Å². The van der Waals surface area contributed by atoms with Crippen molar-refractivity contribution >= 4 is 11.4 Å². The fourth-order valence-electron chi connectivity index (χ4n) is 1.44. The normalized spacial score (nSPS) is 8.93. The monoisotopic (exact) mass is 194 g/mol. The SMILES string of the molecule is CC.CCc1cccc(N)c1N(C)C. The predicted octanol–water partition coefficient (Wildman–Crippen LogP) is 2.92. The Balaban J connectivity index is 0.000000791. The number of anilines is 2. The van der Waals surface area contributed by atoms with Crippen molar-refractivity contribution in [2.45, 2.75) is 27.2 Å². The Morgan fingerprint density at radius 3 is 2.14 bits per heavy atom. The lowest BCUT2D eigenvalue weighted by molar-refractivity contribution is 1.06. The van der Waals surface area contributed by atoms with E-state index in [0.717, 1.165) is 17.8 Å². The van der Waals surface area contributed by atoms with Crippen molar-refractivity contribution < 1.29 is 0 Å². The third-order valence-electron chi connectivity index (χ3n) is 1.98. The quantitative estimate of drug-likeness (QED) is 0.733. The number of nitrogens with zero attached hydrogens (tertiary/aromatic N) is 1. The minimum Gasteiger partial charge on any atom is -0.397 e. The zero-order valence-electron chi connectivity index (χ0n) is 9.96. The van der Waals surface area contributed by atoms with Crippen molar-refractivity contribution in [3.05, 3.63) is 23.8 Å². The van der Waals surface area contributed by atoms with E-state index in [1.165, 1.54) is 5.56 Å². The average Bonchev–Trinajstić information content (AvgIpc) is 2.19. The highest BCUT2D eigenvalue weighted by Crippen LogP contribution is 2.25. The molecule has 0 aliphatic carbocycles. The fraction of sp³-hybridized carbons (Fsp3) is 0.500. The van der Waals surface area contributed by atoms with Gasteiger partial charge in [0, 0.05) is 14.1 Å². The van der Waals surface area contributed by atoms with Gasteiger partial charge in [-0.05, 0) is 18.1 Å². The molecular weight excluding hydrogens is 172 g/mol. The third-order valence-corrected chi connectivity index (χ3v) is 1.98. The van der Waals surface area contributed by atoms with Crippen molar-refractivity contribution in [1.29, 1.82) is 0 Å². The largest absolute Gasteiger partial charge is 0.397 e. The van der Waals surface area contributed by atoms with E-state index in [9.17, 15) is 0 Å². The molecule has 0 saturated heterocycles. The van der Waals surface area contributed by atoms with E-state index in [2.05, 4.69) is 17.9 Å². The second kappa shape index (κ2) is 6.30. The van der Waals surface area contributed by atoms with Gasteiger partial charge in [-0.1, -0.05) is 32.9 Å². The molecule has 1 rings (SSSR count). The second-order valence-corrected chi connectivity index (χ2v) is 3.10. The van der Waals surface area contributed by atoms with E-state index in [0.29, 0.717) is 0 Å². The van der Waals surface area contributed by atoms with Gasteiger partial charge in [-0.2, -0.15) is 0 Å². The first-order valence-electron chi connectivity index (χ1n) is 5.21. The number of aryl methyl sites for hydroxylation is 1. The van der Waals surface area contributed by atoms with E-state index in [-0.39, 0.29) is 0 Å². The molecule has 80 valence electrons. The number of hydrogen-bond acceptors (Lipinski definition) is 2. The third kappa shape index (κ3) is 2.95. The second-order valence-electron chi connectivity index (χ2n) is 3.10. The first-order chi connectivity index (χ1) is 6.66. The molecule has 0 aromatic heterocycles. The molecule has 1 aromatic rings. The molecule has 0 bridgehead atoms. The zero-order valence-corrected chi connectivity index (χ0v) is 9.96. The molecule has 0 atom stereocenters. The van der Waals surface area contributed by atoms with Gasteiger partial charge in [0.1, 0.15) is 0 Å². The molecule has 2 N–H and O–H groups in total. The molecule has 0 heterocycles. The molecule has 0 aliphatic rings. The molecule has 0 aliphatic heterocycles. The molecule has 0 radical (unpaired) electrons. The summed E-state index contributed by atoms with van der Waals surface area (Å²) in [6, 6.07) is 6.06. The van der Waals surface area contributed by atoms with Gasteiger partial charge in [0.15, 0.2) is 0 Å². The van der Waals surface area contributed by atoms with Crippen molar-refractivity contribution in [3.8, 4) is 0 Å². The summed E-state index contributed by atoms with van der Waals surface area (Å²) in [6.45, 7) is 6.14. The van der Waals surface area contributed by atoms with Gasteiger partial charge in [0.25, 0.3) is 0 Å². The van der Waals surface area contributed by atoms with Crippen molar-refractivity contribution in [1.82, 2.24) is 0 Å². The molecule has 2 heteroatoms. The molecule has 0 spiro atoms. The minimum atomic E-state index is 0.861. The van der Waals surface area contributed by atoms with Crippen LogP contribution in [-0.2, 0) is 6.42 Å². The van der Waals surface area contributed by atoms with Crippen molar-refractivity contribution in [3.63, 3.8) is 0 Å². The summed E-state index contributed by atoms with van der Waals surface area (Å²) in [5.41, 5.74) is 9.18. The molecule has 0 fully saturated rings. The van der Waals surface area contributed by atoms with Gasteiger partial charge in [-0.15, -0.1) is 0 Å². The lowest BCUT2D eigenvalue weighted by atomic mass is 10.1. The van der Waals surface area contributed by atoms with Crippen LogP contribution in [0.3, 0.4) is 0 Å². The Morgan fingerprint density at radius 1 is 1.21 bits per heavy atom. The Morgan fingerprint density at radius 2 is 1.79 bits per heavy atom. The summed E-state index contributed by atoms with van der Waals surface area (Å²) in [6.07, 6.45) is 1.03. The van der Waals surface area contributed by atoms with Crippen LogP contribution in [0.1, 0.15) is 26.3 Å². The van der Waals surface area contributed by atoms with Crippen LogP contribution in [-0.4, -0.2) is 14.1 Å². The molecule has 0 unspecified atom stereocenters. The van der Waals surface area contributed by atoms with Crippen molar-refractivity contribution in [2.75, 3.05) is 24.7 Å². The maximum Gasteiger partial charge on any atom is 0.0627 e. The molecule has 1 aromatic carbocycles. The summed E-state index contributed by atoms with van der Waals surface area (Å²) in [7, 11) is 4.04. The number of benzene rings is 1. The van der Waals surface area contributed by atoms with Gasteiger partial charge < -0.3 is 10.6 Å². The fourth-order valence-corrected chi connectivity index (χ4v) is 1.44. The first-order valence-corrected chi connectivity index (χ1v) is 5.21. The van der Waals surface area contributed by atoms with Gasteiger partial charge in [0.2, 0.25) is 0 Å². The van der Waals surface area contributed by atoms with Crippen molar-refractivity contribution in [2.24, 2.45) is 0 Å². The molecule has 2 nitrogen and oxygen atoms in total. The Bertz CT molecular complexity index is 267. The summed E-state index contributed by atoms with van der Waals surface area (Å²) in [5.74, 6) is 0. The molecule has 14 heavy (non-hydrogen) atoms. The summed E-state index contributed by atoms with van der Waals surface area (Å²) < 4.78 is 0. The maximum absolute atomic E-state index is 5.86. The summed E-state index contributed by atoms with van der Waals surface area (Å²) in [5, 5.41) is 0. The van der Waals surface area contributed by atoms with Crippen LogP contribution in [0.25, 0.3) is 0 Å². The van der Waals surface area contributed by atoms with E-state index >= 15 is 0 Å². The highest BCUT2D eigenvalue weighted by molar-refractivity contribution is 5.70. The van der Waals surface area contributed by atoms with Gasteiger partial charge >= 0.3 is 0 Å². The Kier molecular flexibility index (Phi) is 5.77. The molecule has 0 amide bonds. The molecule has 0 saturated carbocycles. The lowest BCUT2D eigenvalue weighted by Crippen LogP contribution is -2.13. The van der Waals surface area contributed by atoms with Crippen LogP contribution in [0.4, 0.5) is 11.4 Å². The van der Waals surface area contributed by atoms with Crippen LogP contribution < -0.4 is 10.6 Å². The van der Waals surface area contributed by atoms with E-state index in [1.807, 2.05) is 40.1 Å². The van der Waals surface area contributed by atoms with Crippen LogP contribution in [0.2, 0.25) is 0 Å². The molecular formula is C12H22N2. The highest BCUT2D eigenvalue weighted by atomic mass is 15.1. The predicted molar refractivity (Wildman–Crippen MR) is 65.9 cm³/mol. The lowest BCUT2D eigenvalue weighted by Gasteiger charge is -2.18.